The van der Waals surface area contributed by atoms with Gasteiger partial charge in [0.1, 0.15) is 5.82 Å². The van der Waals surface area contributed by atoms with Crippen molar-refractivity contribution >= 4 is 11.7 Å². The third kappa shape index (κ3) is 6.57. The second kappa shape index (κ2) is 11.3. The summed E-state index contributed by atoms with van der Waals surface area (Å²) >= 11 is 0. The number of nitrogens with one attached hydrogen (secondary N) is 1. The first-order valence-corrected chi connectivity index (χ1v) is 12.2. The first-order chi connectivity index (χ1) is 16.4. The lowest BCUT2D eigenvalue weighted by Crippen LogP contribution is -2.43. The predicted octanol–water partition coefficient (Wildman–Crippen LogP) is 4.74. The lowest BCUT2D eigenvalue weighted by Gasteiger charge is -2.34. The summed E-state index contributed by atoms with van der Waals surface area (Å²) in [5, 5.41) is 3.26. The van der Waals surface area contributed by atoms with Crippen LogP contribution in [-0.4, -0.2) is 48.5 Å². The van der Waals surface area contributed by atoms with E-state index in [0.717, 1.165) is 77.1 Å². The number of nitrogens with zero attached hydrogens (tertiary/aromatic N) is 3. The Kier molecular flexibility index (Phi) is 8.21. The van der Waals surface area contributed by atoms with E-state index in [2.05, 4.69) is 39.5 Å². The van der Waals surface area contributed by atoms with Crippen molar-refractivity contribution < 1.29 is 18.0 Å². The molecule has 2 aromatic rings. The quantitative estimate of drug-likeness (QED) is 0.630. The number of piperidine rings is 2. The van der Waals surface area contributed by atoms with E-state index in [1.807, 2.05) is 6.07 Å². The van der Waals surface area contributed by atoms with Crippen molar-refractivity contribution in [2.45, 2.75) is 44.8 Å². The summed E-state index contributed by atoms with van der Waals surface area (Å²) in [6.07, 6.45) is 0.828. The molecule has 4 rings (SSSR count). The summed E-state index contributed by atoms with van der Waals surface area (Å²) in [5.74, 6) is 0.677. The number of pyridine rings is 1. The molecule has 8 heteroatoms. The monoisotopic (exact) mass is 474 g/mol. The number of alkyl halides is 3. The fourth-order valence-corrected chi connectivity index (χ4v) is 4.93. The highest BCUT2D eigenvalue weighted by Gasteiger charge is 2.32. The summed E-state index contributed by atoms with van der Waals surface area (Å²) in [6, 6.07) is 12.8. The highest BCUT2D eigenvalue weighted by Crippen LogP contribution is 2.30. The van der Waals surface area contributed by atoms with Gasteiger partial charge < -0.3 is 5.32 Å². The SMILES string of the molecule is O=C(C1CCNCC1)N(CCC1CCN(Cc2ccccc2)CC1)c1ccc(C(F)(F)F)cn1. The zero-order chi connectivity index (χ0) is 24.0. The fraction of sp³-hybridized carbons (Fsp3) is 0.538. The van der Waals surface area contributed by atoms with Crippen LogP contribution in [0.3, 0.4) is 0 Å². The Morgan fingerprint density at radius 3 is 2.35 bits per heavy atom. The first kappa shape index (κ1) is 24.7. The molecular weight excluding hydrogens is 441 g/mol. The van der Waals surface area contributed by atoms with Crippen molar-refractivity contribution in [3.8, 4) is 0 Å². The normalized spacial score (nSPS) is 18.7. The summed E-state index contributed by atoms with van der Waals surface area (Å²) in [7, 11) is 0. The third-order valence-electron chi connectivity index (χ3n) is 7.02. The molecule has 0 saturated carbocycles. The number of hydrogen-bond donors (Lipinski definition) is 1. The van der Waals surface area contributed by atoms with Crippen molar-refractivity contribution in [2.75, 3.05) is 37.6 Å². The van der Waals surface area contributed by atoms with Crippen LogP contribution in [0.4, 0.5) is 19.0 Å². The van der Waals surface area contributed by atoms with E-state index < -0.39 is 11.7 Å². The minimum absolute atomic E-state index is 0.0183. The maximum Gasteiger partial charge on any atom is 0.417 e. The standard InChI is InChI=1S/C26H33F3N4O/c27-26(28,29)23-6-7-24(31-18-23)33(25(34)22-8-13-30-14-9-22)17-12-20-10-15-32(16-11-20)19-21-4-2-1-3-5-21/h1-7,18,20,22,30H,8-17,19H2. The zero-order valence-electron chi connectivity index (χ0n) is 19.4. The number of hydrogen-bond acceptors (Lipinski definition) is 4. The molecule has 1 amide bonds. The van der Waals surface area contributed by atoms with E-state index in [9.17, 15) is 18.0 Å². The minimum atomic E-state index is -4.44. The van der Waals surface area contributed by atoms with Crippen LogP contribution in [0.5, 0.6) is 0 Å². The Morgan fingerprint density at radius 1 is 1.03 bits per heavy atom. The Hall–Kier alpha value is -2.45. The summed E-state index contributed by atoms with van der Waals surface area (Å²) in [6.45, 7) is 5.03. The van der Waals surface area contributed by atoms with Crippen molar-refractivity contribution in [3.63, 3.8) is 0 Å². The maximum atomic E-state index is 13.3. The average molecular weight is 475 g/mol. The molecule has 184 valence electrons. The average Bonchev–Trinajstić information content (AvgIpc) is 2.86. The highest BCUT2D eigenvalue weighted by atomic mass is 19.4. The number of carbonyl (C=O) groups excluding carboxylic acids is 1. The molecule has 0 spiro atoms. The van der Waals surface area contributed by atoms with Gasteiger partial charge in [0.05, 0.1) is 5.56 Å². The molecule has 1 aromatic carbocycles. The molecule has 2 aliphatic heterocycles. The number of carbonyl (C=O) groups is 1. The molecule has 1 N–H and O–H groups in total. The molecule has 2 aliphatic rings. The summed E-state index contributed by atoms with van der Waals surface area (Å²) < 4.78 is 39.0. The van der Waals surface area contributed by atoms with Gasteiger partial charge in [-0.3, -0.25) is 14.6 Å². The van der Waals surface area contributed by atoms with Crippen LogP contribution in [0.1, 0.15) is 43.2 Å². The Balaban J connectivity index is 1.37. The van der Waals surface area contributed by atoms with Crippen LogP contribution in [0, 0.1) is 11.8 Å². The van der Waals surface area contributed by atoms with Crippen LogP contribution in [-0.2, 0) is 17.5 Å². The molecule has 1 aromatic heterocycles. The Bertz CT molecular complexity index is 906. The van der Waals surface area contributed by atoms with Gasteiger partial charge in [-0.1, -0.05) is 30.3 Å². The van der Waals surface area contributed by atoms with Crippen LogP contribution in [0.15, 0.2) is 48.7 Å². The lowest BCUT2D eigenvalue weighted by atomic mass is 9.92. The predicted molar refractivity (Wildman–Crippen MR) is 126 cm³/mol. The number of rotatable bonds is 7. The number of benzene rings is 1. The second-order valence-electron chi connectivity index (χ2n) is 9.41. The van der Waals surface area contributed by atoms with Gasteiger partial charge >= 0.3 is 6.18 Å². The molecule has 2 saturated heterocycles. The highest BCUT2D eigenvalue weighted by molar-refractivity contribution is 5.94. The number of halogens is 3. The largest absolute Gasteiger partial charge is 0.417 e. The molecule has 0 atom stereocenters. The van der Waals surface area contributed by atoms with Crippen molar-refractivity contribution in [2.24, 2.45) is 11.8 Å². The molecule has 5 nitrogen and oxygen atoms in total. The molecule has 2 fully saturated rings. The first-order valence-electron chi connectivity index (χ1n) is 12.2. The van der Waals surface area contributed by atoms with Crippen LogP contribution < -0.4 is 10.2 Å². The molecule has 34 heavy (non-hydrogen) atoms. The third-order valence-corrected chi connectivity index (χ3v) is 7.02. The molecular formula is C26H33F3N4O. The zero-order valence-corrected chi connectivity index (χ0v) is 19.4. The molecule has 0 bridgehead atoms. The Labute approximate surface area is 199 Å². The number of amides is 1. The van der Waals surface area contributed by atoms with Gasteiger partial charge in [-0.2, -0.15) is 13.2 Å². The van der Waals surface area contributed by atoms with Crippen molar-refractivity contribution in [1.82, 2.24) is 15.2 Å². The van der Waals surface area contributed by atoms with Crippen LogP contribution in [0.25, 0.3) is 0 Å². The Morgan fingerprint density at radius 2 is 1.74 bits per heavy atom. The van der Waals surface area contributed by atoms with E-state index in [1.165, 1.54) is 11.6 Å². The van der Waals surface area contributed by atoms with E-state index in [1.54, 1.807) is 4.90 Å². The lowest BCUT2D eigenvalue weighted by molar-refractivity contribution is -0.137. The van der Waals surface area contributed by atoms with Gasteiger partial charge in [-0.15, -0.1) is 0 Å². The molecule has 3 heterocycles. The van der Waals surface area contributed by atoms with Crippen molar-refractivity contribution in [3.05, 3.63) is 59.8 Å². The van der Waals surface area contributed by atoms with Gasteiger partial charge in [-0.25, -0.2) is 4.98 Å². The van der Waals surface area contributed by atoms with E-state index in [4.69, 9.17) is 0 Å². The number of likely N-dealkylation sites (tertiary alicyclic amines) is 1. The topological polar surface area (TPSA) is 48.5 Å². The molecule has 0 radical (unpaired) electrons. The van der Waals surface area contributed by atoms with Crippen LogP contribution in [0.2, 0.25) is 0 Å². The number of aromatic nitrogens is 1. The number of anilines is 1. The van der Waals surface area contributed by atoms with Gasteiger partial charge in [0.15, 0.2) is 0 Å². The molecule has 0 aliphatic carbocycles. The van der Waals surface area contributed by atoms with Crippen molar-refractivity contribution in [1.29, 1.82) is 0 Å². The fourth-order valence-electron chi connectivity index (χ4n) is 4.93. The second-order valence-corrected chi connectivity index (χ2v) is 9.41. The van der Waals surface area contributed by atoms with Gasteiger partial charge in [0.25, 0.3) is 0 Å². The minimum Gasteiger partial charge on any atom is -0.317 e. The van der Waals surface area contributed by atoms with E-state index in [-0.39, 0.29) is 11.8 Å². The smallest absolute Gasteiger partial charge is 0.317 e. The molecule has 0 unspecified atom stereocenters. The summed E-state index contributed by atoms with van der Waals surface area (Å²) in [4.78, 5) is 21.5. The van der Waals surface area contributed by atoms with Gasteiger partial charge in [-0.05, 0) is 81.9 Å². The van der Waals surface area contributed by atoms with Gasteiger partial charge in [0, 0.05) is 25.2 Å². The van der Waals surface area contributed by atoms with E-state index >= 15 is 0 Å². The summed E-state index contributed by atoms with van der Waals surface area (Å²) in [5.41, 5.74) is 0.518. The maximum absolute atomic E-state index is 13.3. The van der Waals surface area contributed by atoms with Crippen LogP contribution >= 0.6 is 0 Å². The van der Waals surface area contributed by atoms with Gasteiger partial charge in [0.2, 0.25) is 5.91 Å². The van der Waals surface area contributed by atoms with E-state index in [0.29, 0.717) is 18.3 Å².